The summed E-state index contributed by atoms with van der Waals surface area (Å²) in [6, 6.07) is 17.8. The van der Waals surface area contributed by atoms with Gasteiger partial charge in [-0.3, -0.25) is 0 Å². The lowest BCUT2D eigenvalue weighted by Gasteiger charge is -2.12. The van der Waals surface area contributed by atoms with Gasteiger partial charge in [-0.15, -0.1) is 24.0 Å². The molecule has 0 bridgehead atoms. The lowest BCUT2D eigenvalue weighted by atomic mass is 10.1. The molecule has 9 heteroatoms. The molecule has 0 unspecified atom stereocenters. The minimum atomic E-state index is -3.02. The largest absolute Gasteiger partial charge is 0.357 e. The maximum absolute atomic E-state index is 11.4. The first-order valence-corrected chi connectivity index (χ1v) is 12.4. The number of guanidine groups is 1. The molecule has 0 aliphatic heterocycles. The quantitative estimate of drug-likeness (QED) is 0.235. The fourth-order valence-corrected chi connectivity index (χ4v) is 3.92. The van der Waals surface area contributed by atoms with Crippen molar-refractivity contribution in [1.82, 2.24) is 20.4 Å². The standard InChI is InChI=1S/C23H29N5O2S.HI/c1-3-24-23(26-17-20-5-7-21(8-6-20)18-31(2,29)30)25-15-13-19-9-11-22(12-10-19)28-16-4-14-27-28;/h4-12,14,16H,3,13,15,17-18H2,1-2H3,(H2,24,25,26);1H. The van der Waals surface area contributed by atoms with Gasteiger partial charge in [-0.25, -0.2) is 18.1 Å². The van der Waals surface area contributed by atoms with Gasteiger partial charge in [-0.2, -0.15) is 5.10 Å². The number of aromatic nitrogens is 2. The summed E-state index contributed by atoms with van der Waals surface area (Å²) in [4.78, 5) is 4.63. The molecule has 2 aromatic carbocycles. The van der Waals surface area contributed by atoms with Crippen LogP contribution in [0, 0.1) is 0 Å². The fraction of sp³-hybridized carbons (Fsp3) is 0.304. The van der Waals surface area contributed by atoms with Crippen LogP contribution < -0.4 is 10.6 Å². The molecule has 2 N–H and O–H groups in total. The van der Waals surface area contributed by atoms with E-state index in [0.29, 0.717) is 6.54 Å². The van der Waals surface area contributed by atoms with E-state index in [1.165, 1.54) is 11.8 Å². The molecule has 0 saturated heterocycles. The molecule has 0 aliphatic carbocycles. The van der Waals surface area contributed by atoms with Crippen molar-refractivity contribution in [2.24, 2.45) is 4.99 Å². The zero-order valence-corrected chi connectivity index (χ0v) is 21.5. The zero-order chi connectivity index (χ0) is 22.1. The predicted molar refractivity (Wildman–Crippen MR) is 140 cm³/mol. The van der Waals surface area contributed by atoms with Crippen molar-refractivity contribution in [2.45, 2.75) is 25.6 Å². The third-order valence-electron chi connectivity index (χ3n) is 4.63. The Morgan fingerprint density at radius 3 is 2.25 bits per heavy atom. The second kappa shape index (κ2) is 12.6. The van der Waals surface area contributed by atoms with Crippen LogP contribution in [0.4, 0.5) is 0 Å². The Balaban J connectivity index is 0.00000363. The van der Waals surface area contributed by atoms with E-state index in [0.717, 1.165) is 42.3 Å². The van der Waals surface area contributed by atoms with E-state index in [1.54, 1.807) is 6.20 Å². The number of hydrogen-bond acceptors (Lipinski definition) is 4. The molecular formula is C23H30IN5O2S. The van der Waals surface area contributed by atoms with Crippen LogP contribution in [0.3, 0.4) is 0 Å². The van der Waals surface area contributed by atoms with Crippen molar-refractivity contribution in [2.75, 3.05) is 19.3 Å². The van der Waals surface area contributed by atoms with Crippen molar-refractivity contribution >= 4 is 39.8 Å². The highest BCUT2D eigenvalue weighted by Gasteiger charge is 2.04. The Bertz CT molecular complexity index is 1080. The topological polar surface area (TPSA) is 88.4 Å². The van der Waals surface area contributed by atoms with Gasteiger partial charge in [0, 0.05) is 31.7 Å². The van der Waals surface area contributed by atoms with Crippen LogP contribution in [-0.4, -0.2) is 43.5 Å². The minimum absolute atomic E-state index is 0. The number of benzene rings is 2. The number of aliphatic imine (C=N–C) groups is 1. The summed E-state index contributed by atoms with van der Waals surface area (Å²) in [5, 5.41) is 10.9. The Morgan fingerprint density at radius 2 is 1.66 bits per heavy atom. The monoisotopic (exact) mass is 567 g/mol. The molecule has 0 fully saturated rings. The van der Waals surface area contributed by atoms with Crippen molar-refractivity contribution in [3.8, 4) is 5.69 Å². The van der Waals surface area contributed by atoms with Crippen LogP contribution in [0.2, 0.25) is 0 Å². The Labute approximate surface area is 207 Å². The van der Waals surface area contributed by atoms with Gasteiger partial charge in [-0.1, -0.05) is 36.4 Å². The SMILES string of the molecule is CCNC(=NCc1ccc(CS(C)(=O)=O)cc1)NCCc1ccc(-n2cccn2)cc1.I. The first-order valence-electron chi connectivity index (χ1n) is 10.3. The van der Waals surface area contributed by atoms with E-state index in [1.807, 2.05) is 48.1 Å². The summed E-state index contributed by atoms with van der Waals surface area (Å²) in [6.45, 7) is 4.09. The first kappa shape index (κ1) is 25.9. The average Bonchev–Trinajstić information content (AvgIpc) is 3.27. The second-order valence-electron chi connectivity index (χ2n) is 7.38. The van der Waals surface area contributed by atoms with Crippen LogP contribution in [0.1, 0.15) is 23.6 Å². The molecule has 0 radical (unpaired) electrons. The van der Waals surface area contributed by atoms with E-state index in [4.69, 9.17) is 0 Å². The Kier molecular flexibility index (Phi) is 10.2. The predicted octanol–water partition coefficient (Wildman–Crippen LogP) is 3.33. The van der Waals surface area contributed by atoms with Crippen molar-refractivity contribution in [3.05, 3.63) is 83.7 Å². The summed E-state index contributed by atoms with van der Waals surface area (Å²) in [7, 11) is -3.02. The highest BCUT2D eigenvalue weighted by molar-refractivity contribution is 14.0. The van der Waals surface area contributed by atoms with Gasteiger partial charge in [0.1, 0.15) is 0 Å². The molecule has 0 atom stereocenters. The third-order valence-corrected chi connectivity index (χ3v) is 5.48. The van der Waals surface area contributed by atoms with Gasteiger partial charge in [0.2, 0.25) is 0 Å². The number of sulfone groups is 1. The van der Waals surface area contributed by atoms with Crippen LogP contribution in [-0.2, 0) is 28.6 Å². The van der Waals surface area contributed by atoms with Gasteiger partial charge >= 0.3 is 0 Å². The Hall–Kier alpha value is -2.40. The molecule has 0 aliphatic rings. The second-order valence-corrected chi connectivity index (χ2v) is 9.52. The zero-order valence-electron chi connectivity index (χ0n) is 18.4. The van der Waals surface area contributed by atoms with E-state index in [2.05, 4.69) is 45.0 Å². The third kappa shape index (κ3) is 8.62. The van der Waals surface area contributed by atoms with Crippen molar-refractivity contribution in [3.63, 3.8) is 0 Å². The summed E-state index contributed by atoms with van der Waals surface area (Å²) in [6.07, 6.45) is 5.82. The molecule has 3 rings (SSSR count). The summed E-state index contributed by atoms with van der Waals surface area (Å²) in [5.41, 5.74) is 4.10. The molecule has 0 spiro atoms. The number of nitrogens with zero attached hydrogens (tertiary/aromatic N) is 3. The van der Waals surface area contributed by atoms with Crippen LogP contribution in [0.5, 0.6) is 0 Å². The van der Waals surface area contributed by atoms with E-state index in [9.17, 15) is 8.42 Å². The molecule has 1 aromatic heterocycles. The molecule has 3 aromatic rings. The van der Waals surface area contributed by atoms with E-state index >= 15 is 0 Å². The summed E-state index contributed by atoms with van der Waals surface area (Å²) >= 11 is 0. The van der Waals surface area contributed by atoms with E-state index < -0.39 is 9.84 Å². The summed E-state index contributed by atoms with van der Waals surface area (Å²) in [5.74, 6) is 0.819. The van der Waals surface area contributed by atoms with Crippen LogP contribution >= 0.6 is 24.0 Å². The van der Waals surface area contributed by atoms with Crippen molar-refractivity contribution < 1.29 is 8.42 Å². The smallest absolute Gasteiger partial charge is 0.191 e. The summed E-state index contributed by atoms with van der Waals surface area (Å²) < 4.78 is 24.6. The molecule has 1 heterocycles. The normalized spacial score (nSPS) is 11.6. The maximum atomic E-state index is 11.4. The molecule has 32 heavy (non-hydrogen) atoms. The molecule has 172 valence electrons. The lowest BCUT2D eigenvalue weighted by molar-refractivity contribution is 0.601. The van der Waals surface area contributed by atoms with Crippen molar-refractivity contribution in [1.29, 1.82) is 0 Å². The molecular weight excluding hydrogens is 537 g/mol. The Morgan fingerprint density at radius 1 is 1.00 bits per heavy atom. The molecule has 7 nitrogen and oxygen atoms in total. The lowest BCUT2D eigenvalue weighted by Crippen LogP contribution is -2.38. The molecule has 0 amide bonds. The van der Waals surface area contributed by atoms with Crippen LogP contribution in [0.25, 0.3) is 5.69 Å². The number of halogens is 1. The van der Waals surface area contributed by atoms with Gasteiger partial charge < -0.3 is 10.6 Å². The van der Waals surface area contributed by atoms with Gasteiger partial charge in [0.25, 0.3) is 0 Å². The van der Waals surface area contributed by atoms with Crippen LogP contribution in [0.15, 0.2) is 72.0 Å². The van der Waals surface area contributed by atoms with E-state index in [-0.39, 0.29) is 29.7 Å². The average molecular weight is 567 g/mol. The number of rotatable bonds is 9. The maximum Gasteiger partial charge on any atom is 0.191 e. The number of nitrogens with one attached hydrogen (secondary N) is 2. The molecule has 0 saturated carbocycles. The highest BCUT2D eigenvalue weighted by Crippen LogP contribution is 2.10. The first-order chi connectivity index (χ1) is 14.9. The minimum Gasteiger partial charge on any atom is -0.357 e. The highest BCUT2D eigenvalue weighted by atomic mass is 127. The van der Waals surface area contributed by atoms with Gasteiger partial charge in [-0.05, 0) is 48.2 Å². The van der Waals surface area contributed by atoms with Gasteiger partial charge in [0.15, 0.2) is 15.8 Å². The van der Waals surface area contributed by atoms with Gasteiger partial charge in [0.05, 0.1) is 18.0 Å². The number of hydrogen-bond donors (Lipinski definition) is 2. The fourth-order valence-electron chi connectivity index (χ4n) is 3.12.